The van der Waals surface area contributed by atoms with Gasteiger partial charge in [-0.25, -0.2) is 9.59 Å². The second-order valence-corrected chi connectivity index (χ2v) is 6.23. The zero-order valence-electron chi connectivity index (χ0n) is 12.1. The summed E-state index contributed by atoms with van der Waals surface area (Å²) in [5, 5.41) is 23.1. The number of hydrogen-bond donors (Lipinski definition) is 3. The fourth-order valence-electron chi connectivity index (χ4n) is 1.41. The van der Waals surface area contributed by atoms with Crippen molar-refractivity contribution in [3.63, 3.8) is 0 Å². The van der Waals surface area contributed by atoms with E-state index in [1.54, 1.807) is 6.92 Å². The van der Waals surface area contributed by atoms with Crippen LogP contribution < -0.4 is 10.6 Å². The van der Waals surface area contributed by atoms with Gasteiger partial charge in [-0.3, -0.25) is 5.32 Å². The third-order valence-electron chi connectivity index (χ3n) is 2.84. The van der Waals surface area contributed by atoms with Crippen molar-refractivity contribution in [2.45, 2.75) is 46.1 Å². The molecule has 1 aromatic rings. The molecule has 0 saturated carbocycles. The van der Waals surface area contributed by atoms with Crippen LogP contribution in [0.25, 0.3) is 0 Å². The summed E-state index contributed by atoms with van der Waals surface area (Å²) in [6.45, 7) is 7.29. The molecule has 1 unspecified atom stereocenters. The SMILES string of the molecule is CCC(C)(NC(=O)Nc1nnc(CC(C)C)s1)C(=O)O. The number of amides is 2. The van der Waals surface area contributed by atoms with Gasteiger partial charge in [-0.05, 0) is 19.3 Å². The second kappa shape index (κ2) is 6.65. The van der Waals surface area contributed by atoms with E-state index in [2.05, 4.69) is 34.7 Å². The van der Waals surface area contributed by atoms with E-state index in [9.17, 15) is 9.59 Å². The third-order valence-corrected chi connectivity index (χ3v) is 3.70. The van der Waals surface area contributed by atoms with E-state index in [-0.39, 0.29) is 6.42 Å². The van der Waals surface area contributed by atoms with E-state index in [1.807, 2.05) is 0 Å². The number of nitrogens with one attached hydrogen (secondary N) is 2. The molecule has 1 aromatic heterocycles. The number of aliphatic carboxylic acids is 1. The van der Waals surface area contributed by atoms with Gasteiger partial charge in [-0.2, -0.15) is 0 Å². The zero-order chi connectivity index (χ0) is 15.3. The molecule has 3 N–H and O–H groups in total. The molecule has 20 heavy (non-hydrogen) atoms. The molecule has 0 bridgehead atoms. The molecule has 1 rings (SSSR count). The first-order valence-corrected chi connectivity index (χ1v) is 7.23. The molecule has 0 saturated heterocycles. The molecule has 0 aromatic carbocycles. The lowest BCUT2D eigenvalue weighted by Crippen LogP contribution is -2.53. The molecule has 8 heteroatoms. The largest absolute Gasteiger partial charge is 0.480 e. The lowest BCUT2D eigenvalue weighted by Gasteiger charge is -2.24. The number of carbonyl (C=O) groups excluding carboxylic acids is 1. The average Bonchev–Trinajstić information content (AvgIpc) is 2.74. The molecule has 0 fully saturated rings. The molecule has 0 aliphatic rings. The number of rotatable bonds is 6. The molecule has 0 aliphatic heterocycles. The van der Waals surface area contributed by atoms with Gasteiger partial charge in [0.25, 0.3) is 0 Å². The van der Waals surface area contributed by atoms with Gasteiger partial charge in [0, 0.05) is 6.42 Å². The third kappa shape index (κ3) is 4.44. The molecule has 0 aliphatic carbocycles. The Kier molecular flexibility index (Phi) is 5.43. The summed E-state index contributed by atoms with van der Waals surface area (Å²) in [6, 6.07) is -0.594. The minimum atomic E-state index is -1.30. The van der Waals surface area contributed by atoms with Crippen LogP contribution in [0.5, 0.6) is 0 Å². The van der Waals surface area contributed by atoms with Crippen LogP contribution in [0.15, 0.2) is 0 Å². The van der Waals surface area contributed by atoms with Gasteiger partial charge in [-0.1, -0.05) is 32.1 Å². The zero-order valence-corrected chi connectivity index (χ0v) is 12.9. The quantitative estimate of drug-likeness (QED) is 0.746. The summed E-state index contributed by atoms with van der Waals surface area (Å²) in [5.74, 6) is -0.618. The predicted molar refractivity (Wildman–Crippen MR) is 76.9 cm³/mol. The molecule has 1 heterocycles. The average molecular weight is 300 g/mol. The van der Waals surface area contributed by atoms with Crippen LogP contribution in [0.3, 0.4) is 0 Å². The van der Waals surface area contributed by atoms with Crippen LogP contribution in [-0.4, -0.2) is 32.8 Å². The van der Waals surface area contributed by atoms with E-state index in [4.69, 9.17) is 5.11 Å². The molecular weight excluding hydrogens is 280 g/mol. The maximum atomic E-state index is 11.8. The summed E-state index contributed by atoms with van der Waals surface area (Å²) in [6.07, 6.45) is 1.08. The van der Waals surface area contributed by atoms with Crippen molar-refractivity contribution in [1.29, 1.82) is 0 Å². The van der Waals surface area contributed by atoms with Gasteiger partial charge < -0.3 is 10.4 Å². The summed E-state index contributed by atoms with van der Waals surface area (Å²) in [5.41, 5.74) is -1.30. The van der Waals surface area contributed by atoms with Crippen molar-refractivity contribution in [2.75, 3.05) is 5.32 Å². The van der Waals surface area contributed by atoms with Crippen LogP contribution in [0.2, 0.25) is 0 Å². The van der Waals surface area contributed by atoms with Crippen molar-refractivity contribution < 1.29 is 14.7 Å². The first kappa shape index (κ1) is 16.4. The van der Waals surface area contributed by atoms with Crippen molar-refractivity contribution >= 4 is 28.5 Å². The minimum Gasteiger partial charge on any atom is -0.480 e. The fraction of sp³-hybridized carbons (Fsp3) is 0.667. The van der Waals surface area contributed by atoms with Gasteiger partial charge in [0.1, 0.15) is 10.5 Å². The van der Waals surface area contributed by atoms with Gasteiger partial charge in [0.15, 0.2) is 0 Å². The monoisotopic (exact) mass is 300 g/mol. The number of nitrogens with zero attached hydrogens (tertiary/aromatic N) is 2. The molecule has 7 nitrogen and oxygen atoms in total. The van der Waals surface area contributed by atoms with E-state index >= 15 is 0 Å². The van der Waals surface area contributed by atoms with Crippen molar-refractivity contribution in [3.05, 3.63) is 5.01 Å². The van der Waals surface area contributed by atoms with Crippen molar-refractivity contribution in [3.8, 4) is 0 Å². The Labute approximate surface area is 121 Å². The number of anilines is 1. The molecule has 1 atom stereocenters. The summed E-state index contributed by atoms with van der Waals surface area (Å²) < 4.78 is 0. The van der Waals surface area contributed by atoms with Gasteiger partial charge in [0.2, 0.25) is 5.13 Å². The summed E-state index contributed by atoms with van der Waals surface area (Å²) in [7, 11) is 0. The van der Waals surface area contributed by atoms with Crippen LogP contribution in [0.1, 0.15) is 39.1 Å². The van der Waals surface area contributed by atoms with Crippen LogP contribution in [0.4, 0.5) is 9.93 Å². The van der Waals surface area contributed by atoms with Crippen LogP contribution in [0, 0.1) is 5.92 Å². The Balaban J connectivity index is 2.62. The fourth-order valence-corrected chi connectivity index (χ4v) is 2.35. The topological polar surface area (TPSA) is 104 Å². The Morgan fingerprint density at radius 3 is 2.55 bits per heavy atom. The number of urea groups is 1. The maximum absolute atomic E-state index is 11.8. The summed E-state index contributed by atoms with van der Waals surface area (Å²) >= 11 is 1.29. The normalized spacial score (nSPS) is 13.8. The number of carbonyl (C=O) groups is 2. The highest BCUT2D eigenvalue weighted by Crippen LogP contribution is 2.18. The lowest BCUT2D eigenvalue weighted by atomic mass is 10.00. The Morgan fingerprint density at radius 1 is 1.40 bits per heavy atom. The van der Waals surface area contributed by atoms with Gasteiger partial charge >= 0.3 is 12.0 Å². The van der Waals surface area contributed by atoms with Crippen LogP contribution >= 0.6 is 11.3 Å². The standard InChI is InChI=1S/C12H20N4O3S/c1-5-12(4,9(17)18)14-10(19)13-11-16-15-8(20-11)6-7(2)3/h7H,5-6H2,1-4H3,(H,17,18)(H2,13,14,16,19). The first-order chi connectivity index (χ1) is 9.26. The van der Waals surface area contributed by atoms with E-state index in [0.29, 0.717) is 11.0 Å². The second-order valence-electron chi connectivity index (χ2n) is 5.17. The Morgan fingerprint density at radius 2 is 2.05 bits per heavy atom. The number of carboxylic acid groups (broad SMARTS) is 1. The highest BCUT2D eigenvalue weighted by atomic mass is 32.1. The van der Waals surface area contributed by atoms with Crippen LogP contribution in [-0.2, 0) is 11.2 Å². The van der Waals surface area contributed by atoms with Crippen molar-refractivity contribution in [1.82, 2.24) is 15.5 Å². The molecule has 2 amide bonds. The predicted octanol–water partition coefficient (Wildman–Crippen LogP) is 2.11. The van der Waals surface area contributed by atoms with E-state index in [1.165, 1.54) is 18.3 Å². The van der Waals surface area contributed by atoms with Crippen molar-refractivity contribution in [2.24, 2.45) is 5.92 Å². The van der Waals surface area contributed by atoms with E-state index in [0.717, 1.165) is 11.4 Å². The Bertz CT molecular complexity index is 489. The minimum absolute atomic E-state index is 0.282. The summed E-state index contributed by atoms with van der Waals surface area (Å²) in [4.78, 5) is 22.9. The highest BCUT2D eigenvalue weighted by molar-refractivity contribution is 7.15. The lowest BCUT2D eigenvalue weighted by molar-refractivity contribution is -0.143. The first-order valence-electron chi connectivity index (χ1n) is 6.41. The highest BCUT2D eigenvalue weighted by Gasteiger charge is 2.32. The van der Waals surface area contributed by atoms with E-state index < -0.39 is 17.5 Å². The molecule has 0 spiro atoms. The number of hydrogen-bond acceptors (Lipinski definition) is 5. The Hall–Kier alpha value is -1.70. The number of aromatic nitrogens is 2. The molecule has 0 radical (unpaired) electrons. The molecular formula is C12H20N4O3S. The van der Waals surface area contributed by atoms with Gasteiger partial charge in [-0.15, -0.1) is 10.2 Å². The molecule has 112 valence electrons. The van der Waals surface area contributed by atoms with Gasteiger partial charge in [0.05, 0.1) is 0 Å². The smallest absolute Gasteiger partial charge is 0.329 e. The number of carboxylic acids is 1. The maximum Gasteiger partial charge on any atom is 0.329 e.